The third-order valence-electron chi connectivity index (χ3n) is 2.55. The quantitative estimate of drug-likeness (QED) is 0.771. The van der Waals surface area contributed by atoms with E-state index < -0.39 is 15.9 Å². The van der Waals surface area contributed by atoms with Crippen molar-refractivity contribution in [3.05, 3.63) is 30.6 Å². The van der Waals surface area contributed by atoms with Gasteiger partial charge >= 0.3 is 0 Å². The highest BCUT2D eigenvalue weighted by atomic mass is 32.2. The average Bonchev–Trinajstić information content (AvgIpc) is 2.90. The number of hydrogen-bond acceptors (Lipinski definition) is 6. The van der Waals surface area contributed by atoms with E-state index in [1.807, 2.05) is 0 Å². The number of primary sulfonamides is 1. The molecule has 1 aromatic carbocycles. The Morgan fingerprint density at radius 1 is 1.48 bits per heavy atom. The first-order valence-electron chi connectivity index (χ1n) is 5.75. The van der Waals surface area contributed by atoms with E-state index in [-0.39, 0.29) is 17.1 Å². The second-order valence-corrected chi connectivity index (χ2v) is 5.62. The van der Waals surface area contributed by atoms with Crippen LogP contribution in [0.2, 0.25) is 0 Å². The summed E-state index contributed by atoms with van der Waals surface area (Å²) in [6, 6.07) is 3.93. The van der Waals surface area contributed by atoms with Gasteiger partial charge in [-0.05, 0) is 18.2 Å². The second-order valence-electron chi connectivity index (χ2n) is 4.06. The maximum absolute atomic E-state index is 11.9. The molecule has 0 aliphatic carbocycles. The van der Waals surface area contributed by atoms with Crippen molar-refractivity contribution >= 4 is 21.6 Å². The number of nitrogens with zero attached hydrogens (tertiary/aromatic N) is 3. The minimum absolute atomic E-state index is 0.0667. The van der Waals surface area contributed by atoms with Gasteiger partial charge in [0.15, 0.2) is 0 Å². The highest BCUT2D eigenvalue weighted by Gasteiger charge is 2.14. The van der Waals surface area contributed by atoms with Gasteiger partial charge in [0.05, 0.1) is 23.9 Å². The molecule has 1 heterocycles. The number of ether oxygens (including phenoxy) is 1. The molecule has 0 saturated carbocycles. The van der Waals surface area contributed by atoms with Crippen LogP contribution in [0.1, 0.15) is 0 Å². The topological polar surface area (TPSA) is 129 Å². The molecule has 9 nitrogen and oxygen atoms in total. The van der Waals surface area contributed by atoms with Gasteiger partial charge in [-0.2, -0.15) is 0 Å². The lowest BCUT2D eigenvalue weighted by Gasteiger charge is -2.11. The molecule has 0 saturated heterocycles. The van der Waals surface area contributed by atoms with Crippen LogP contribution < -0.4 is 15.2 Å². The van der Waals surface area contributed by atoms with Crippen LogP contribution in [0, 0.1) is 0 Å². The van der Waals surface area contributed by atoms with Crippen LogP contribution in [0.15, 0.2) is 35.5 Å². The zero-order chi connectivity index (χ0) is 15.5. The van der Waals surface area contributed by atoms with Gasteiger partial charge in [0.25, 0.3) is 0 Å². The number of nitrogens with one attached hydrogen (secondary N) is 1. The maximum Gasteiger partial charge on any atom is 0.246 e. The Balaban J connectivity index is 2.23. The summed E-state index contributed by atoms with van der Waals surface area (Å²) in [5.74, 6) is -0.0975. The zero-order valence-corrected chi connectivity index (χ0v) is 11.9. The number of methoxy groups -OCH3 is 1. The molecular weight excluding hydrogens is 298 g/mol. The van der Waals surface area contributed by atoms with E-state index in [4.69, 9.17) is 9.88 Å². The summed E-state index contributed by atoms with van der Waals surface area (Å²) in [6.45, 7) is -0.0667. The fourth-order valence-corrected chi connectivity index (χ4v) is 2.16. The highest BCUT2D eigenvalue weighted by Crippen LogP contribution is 2.27. The van der Waals surface area contributed by atoms with Crippen molar-refractivity contribution in [3.63, 3.8) is 0 Å². The van der Waals surface area contributed by atoms with Gasteiger partial charge in [0.2, 0.25) is 15.9 Å². The standard InChI is InChI=1S/C11H13N5O4S/c1-20-10-3-2-8(21(12,18)19)6-9(10)14-11(17)7-16-5-4-13-15-16/h2-6H,7H2,1H3,(H,14,17)(H2,12,18,19). The van der Waals surface area contributed by atoms with Crippen LogP contribution in [0.25, 0.3) is 0 Å². The third-order valence-corrected chi connectivity index (χ3v) is 3.46. The summed E-state index contributed by atoms with van der Waals surface area (Å²) in [5.41, 5.74) is 0.203. The number of anilines is 1. The minimum Gasteiger partial charge on any atom is -0.495 e. The molecule has 3 N–H and O–H groups in total. The van der Waals surface area contributed by atoms with Crippen molar-refractivity contribution < 1.29 is 17.9 Å². The van der Waals surface area contributed by atoms with Crippen molar-refractivity contribution in [2.45, 2.75) is 11.4 Å². The monoisotopic (exact) mass is 311 g/mol. The van der Waals surface area contributed by atoms with Crippen molar-refractivity contribution in [1.29, 1.82) is 0 Å². The lowest BCUT2D eigenvalue weighted by atomic mass is 10.3. The van der Waals surface area contributed by atoms with Gasteiger partial charge in [-0.3, -0.25) is 4.79 Å². The van der Waals surface area contributed by atoms with Gasteiger partial charge in [-0.1, -0.05) is 5.21 Å². The Labute approximate surface area is 120 Å². The van der Waals surface area contributed by atoms with E-state index in [0.29, 0.717) is 5.75 Å². The number of amides is 1. The van der Waals surface area contributed by atoms with Gasteiger partial charge in [-0.15, -0.1) is 5.10 Å². The summed E-state index contributed by atoms with van der Waals surface area (Å²) in [4.78, 5) is 11.7. The Morgan fingerprint density at radius 2 is 2.24 bits per heavy atom. The van der Waals surface area contributed by atoms with Crippen molar-refractivity contribution in [3.8, 4) is 5.75 Å². The highest BCUT2D eigenvalue weighted by molar-refractivity contribution is 7.89. The number of benzene rings is 1. The van der Waals surface area contributed by atoms with Crippen LogP contribution >= 0.6 is 0 Å². The second kappa shape index (κ2) is 5.89. The van der Waals surface area contributed by atoms with Crippen LogP contribution in [0.4, 0.5) is 5.69 Å². The summed E-state index contributed by atoms with van der Waals surface area (Å²) >= 11 is 0. The molecule has 21 heavy (non-hydrogen) atoms. The van der Waals surface area contributed by atoms with E-state index in [0.717, 1.165) is 0 Å². The number of carbonyl (C=O) groups is 1. The predicted octanol–water partition coefficient (Wildman–Crippen LogP) is -0.427. The van der Waals surface area contributed by atoms with Crippen molar-refractivity contribution in [2.75, 3.05) is 12.4 Å². The van der Waals surface area contributed by atoms with E-state index in [9.17, 15) is 13.2 Å². The van der Waals surface area contributed by atoms with Gasteiger partial charge < -0.3 is 10.1 Å². The van der Waals surface area contributed by atoms with Crippen LogP contribution in [-0.2, 0) is 21.4 Å². The van der Waals surface area contributed by atoms with Crippen LogP contribution in [0.3, 0.4) is 0 Å². The molecule has 0 unspecified atom stereocenters. The first-order valence-corrected chi connectivity index (χ1v) is 7.29. The Bertz CT molecular complexity index is 742. The fourth-order valence-electron chi connectivity index (χ4n) is 1.62. The van der Waals surface area contributed by atoms with Gasteiger partial charge in [-0.25, -0.2) is 18.2 Å². The number of aromatic nitrogens is 3. The zero-order valence-electron chi connectivity index (χ0n) is 11.1. The number of hydrogen-bond donors (Lipinski definition) is 2. The molecule has 0 aliphatic rings. The average molecular weight is 311 g/mol. The van der Waals surface area contributed by atoms with E-state index in [1.165, 1.54) is 42.4 Å². The number of nitrogens with two attached hydrogens (primary N) is 1. The van der Waals surface area contributed by atoms with Crippen molar-refractivity contribution in [2.24, 2.45) is 5.14 Å². The van der Waals surface area contributed by atoms with Crippen molar-refractivity contribution in [1.82, 2.24) is 15.0 Å². The van der Waals surface area contributed by atoms with Crippen LogP contribution in [-0.4, -0.2) is 36.4 Å². The molecule has 1 amide bonds. The summed E-state index contributed by atoms with van der Waals surface area (Å²) in [5, 5.41) is 14.8. The van der Waals surface area contributed by atoms with E-state index in [1.54, 1.807) is 0 Å². The molecule has 1 aromatic heterocycles. The predicted molar refractivity (Wildman–Crippen MR) is 73.0 cm³/mol. The first-order chi connectivity index (χ1) is 9.90. The van der Waals surface area contributed by atoms with E-state index in [2.05, 4.69) is 15.6 Å². The summed E-state index contributed by atoms with van der Waals surface area (Å²) < 4.78 is 29.0. The molecule has 0 atom stereocenters. The summed E-state index contributed by atoms with van der Waals surface area (Å²) in [7, 11) is -2.47. The SMILES string of the molecule is COc1ccc(S(N)(=O)=O)cc1NC(=O)Cn1ccnn1. The smallest absolute Gasteiger partial charge is 0.246 e. The van der Waals surface area contributed by atoms with E-state index >= 15 is 0 Å². The van der Waals surface area contributed by atoms with Gasteiger partial charge in [0, 0.05) is 6.20 Å². The molecule has 0 radical (unpaired) electrons. The Morgan fingerprint density at radius 3 is 2.81 bits per heavy atom. The summed E-state index contributed by atoms with van der Waals surface area (Å²) in [6.07, 6.45) is 2.97. The van der Waals surface area contributed by atoms with Gasteiger partial charge in [0.1, 0.15) is 12.3 Å². The fraction of sp³-hybridized carbons (Fsp3) is 0.182. The molecule has 2 rings (SSSR count). The molecule has 0 aliphatic heterocycles. The Kier molecular flexibility index (Phi) is 4.19. The molecular formula is C11H13N5O4S. The normalized spacial score (nSPS) is 11.1. The molecule has 0 bridgehead atoms. The lowest BCUT2D eigenvalue weighted by molar-refractivity contribution is -0.116. The first kappa shape index (κ1) is 14.9. The maximum atomic E-state index is 11.9. The minimum atomic E-state index is -3.87. The number of rotatable bonds is 5. The molecule has 2 aromatic rings. The molecule has 0 fully saturated rings. The molecule has 112 valence electrons. The molecule has 10 heteroatoms. The lowest BCUT2D eigenvalue weighted by Crippen LogP contribution is -2.20. The number of carbonyl (C=O) groups excluding carboxylic acids is 1. The van der Waals surface area contributed by atoms with Crippen LogP contribution in [0.5, 0.6) is 5.75 Å². The largest absolute Gasteiger partial charge is 0.495 e. The number of sulfonamides is 1. The Hall–Kier alpha value is -2.46. The third kappa shape index (κ3) is 3.77. The molecule has 0 spiro atoms.